The molecule has 2 N–H and O–H groups in total. The molecular formula is C16H15NO4. The van der Waals surface area contributed by atoms with Gasteiger partial charge < -0.3 is 15.1 Å². The third-order valence-electron chi connectivity index (χ3n) is 3.69. The van der Waals surface area contributed by atoms with Crippen molar-refractivity contribution in [2.24, 2.45) is 0 Å². The number of amides is 1. The molecule has 1 fully saturated rings. The maximum Gasteiger partial charge on any atom is 0.323 e. The predicted octanol–water partition coefficient (Wildman–Crippen LogP) is 2.23. The first-order valence-corrected chi connectivity index (χ1v) is 6.81. The molecule has 5 heteroatoms. The van der Waals surface area contributed by atoms with Crippen molar-refractivity contribution in [3.8, 4) is 5.75 Å². The molecule has 0 saturated heterocycles. The molecule has 0 bridgehead atoms. The zero-order valence-corrected chi connectivity index (χ0v) is 11.3. The molecule has 0 aliphatic heterocycles. The minimum Gasteiger partial charge on any atom is -0.506 e. The molecule has 0 unspecified atom stereocenters. The van der Waals surface area contributed by atoms with Crippen LogP contribution in [0, 0.1) is 0 Å². The van der Waals surface area contributed by atoms with Crippen LogP contribution in [0.1, 0.15) is 23.2 Å². The van der Waals surface area contributed by atoms with E-state index in [-0.39, 0.29) is 23.9 Å². The maximum atomic E-state index is 12.5. The zero-order valence-electron chi connectivity index (χ0n) is 11.3. The molecule has 3 rings (SSSR count). The number of carbonyl (C=O) groups is 2. The van der Waals surface area contributed by atoms with Gasteiger partial charge in [-0.3, -0.25) is 9.59 Å². The van der Waals surface area contributed by atoms with Gasteiger partial charge in [-0.2, -0.15) is 0 Å². The van der Waals surface area contributed by atoms with Gasteiger partial charge in [-0.25, -0.2) is 0 Å². The highest BCUT2D eigenvalue weighted by Crippen LogP contribution is 2.33. The van der Waals surface area contributed by atoms with Crippen LogP contribution < -0.4 is 0 Å². The lowest BCUT2D eigenvalue weighted by atomic mass is 10.0. The van der Waals surface area contributed by atoms with Crippen molar-refractivity contribution in [3.05, 3.63) is 42.0 Å². The van der Waals surface area contributed by atoms with Crippen molar-refractivity contribution in [2.45, 2.75) is 18.9 Å². The van der Waals surface area contributed by atoms with Crippen molar-refractivity contribution in [2.75, 3.05) is 6.54 Å². The van der Waals surface area contributed by atoms with Crippen LogP contribution >= 0.6 is 0 Å². The summed E-state index contributed by atoms with van der Waals surface area (Å²) in [7, 11) is 0. The van der Waals surface area contributed by atoms with Crippen LogP contribution in [0.5, 0.6) is 5.75 Å². The number of aliphatic carboxylic acids is 1. The fraction of sp³-hybridized carbons (Fsp3) is 0.250. The summed E-state index contributed by atoms with van der Waals surface area (Å²) in [6.07, 6.45) is 1.63. The molecule has 5 nitrogen and oxygen atoms in total. The number of aromatic hydroxyl groups is 1. The van der Waals surface area contributed by atoms with Gasteiger partial charge in [-0.1, -0.05) is 30.3 Å². The van der Waals surface area contributed by atoms with E-state index in [0.717, 1.165) is 18.2 Å². The van der Waals surface area contributed by atoms with Crippen LogP contribution in [-0.2, 0) is 4.79 Å². The van der Waals surface area contributed by atoms with Crippen LogP contribution in [0.3, 0.4) is 0 Å². The summed E-state index contributed by atoms with van der Waals surface area (Å²) in [5.41, 5.74) is 0.154. The smallest absolute Gasteiger partial charge is 0.323 e. The van der Waals surface area contributed by atoms with Crippen molar-refractivity contribution < 1.29 is 19.8 Å². The fourth-order valence-corrected chi connectivity index (χ4v) is 2.48. The number of phenolic OH excluding ortho intramolecular Hbond substituents is 1. The molecule has 2 aromatic rings. The van der Waals surface area contributed by atoms with E-state index in [0.29, 0.717) is 5.39 Å². The quantitative estimate of drug-likeness (QED) is 0.903. The number of fused-ring (bicyclic) bond motifs is 1. The van der Waals surface area contributed by atoms with Crippen LogP contribution in [0.2, 0.25) is 0 Å². The normalized spacial score (nSPS) is 14.1. The van der Waals surface area contributed by atoms with Crippen LogP contribution in [0.25, 0.3) is 10.8 Å². The monoisotopic (exact) mass is 285 g/mol. The molecule has 1 amide bonds. The Morgan fingerprint density at radius 2 is 1.86 bits per heavy atom. The Kier molecular flexibility index (Phi) is 3.25. The Balaban J connectivity index is 2.00. The van der Waals surface area contributed by atoms with Crippen LogP contribution in [0.15, 0.2) is 36.4 Å². The van der Waals surface area contributed by atoms with Crippen LogP contribution in [-0.4, -0.2) is 39.6 Å². The lowest BCUT2D eigenvalue weighted by Crippen LogP contribution is -2.37. The summed E-state index contributed by atoms with van der Waals surface area (Å²) in [4.78, 5) is 24.8. The van der Waals surface area contributed by atoms with E-state index in [1.54, 1.807) is 24.3 Å². The number of phenols is 1. The number of carboxylic acids is 1. The Morgan fingerprint density at radius 1 is 1.14 bits per heavy atom. The molecule has 1 aliphatic rings. The summed E-state index contributed by atoms with van der Waals surface area (Å²) in [5, 5.41) is 20.7. The average molecular weight is 285 g/mol. The third-order valence-corrected chi connectivity index (χ3v) is 3.69. The maximum absolute atomic E-state index is 12.5. The minimum absolute atomic E-state index is 0.0283. The number of carboxylic acid groups (broad SMARTS) is 1. The molecule has 1 aliphatic carbocycles. The third kappa shape index (κ3) is 2.54. The second-order valence-electron chi connectivity index (χ2n) is 5.24. The molecular weight excluding hydrogens is 270 g/mol. The summed E-state index contributed by atoms with van der Waals surface area (Å²) >= 11 is 0. The first-order valence-electron chi connectivity index (χ1n) is 6.81. The molecule has 21 heavy (non-hydrogen) atoms. The van der Waals surface area contributed by atoms with Gasteiger partial charge in [0.05, 0.1) is 5.56 Å². The number of hydrogen-bond donors (Lipinski definition) is 2. The van der Waals surface area contributed by atoms with Gasteiger partial charge in [0.2, 0.25) is 0 Å². The number of benzene rings is 2. The van der Waals surface area contributed by atoms with Crippen molar-refractivity contribution in [3.63, 3.8) is 0 Å². The number of nitrogens with zero attached hydrogens (tertiary/aromatic N) is 1. The number of carbonyl (C=O) groups excluding carboxylic acids is 1. The van der Waals surface area contributed by atoms with Gasteiger partial charge in [0.1, 0.15) is 12.3 Å². The predicted molar refractivity (Wildman–Crippen MR) is 77.3 cm³/mol. The average Bonchev–Trinajstić information content (AvgIpc) is 3.29. The summed E-state index contributed by atoms with van der Waals surface area (Å²) in [5.74, 6) is -1.56. The summed E-state index contributed by atoms with van der Waals surface area (Å²) < 4.78 is 0. The van der Waals surface area contributed by atoms with Crippen molar-refractivity contribution in [1.82, 2.24) is 4.90 Å². The highest BCUT2D eigenvalue weighted by atomic mass is 16.4. The second kappa shape index (κ2) is 5.09. The zero-order chi connectivity index (χ0) is 15.0. The van der Waals surface area contributed by atoms with Crippen molar-refractivity contribution >= 4 is 22.6 Å². The van der Waals surface area contributed by atoms with Gasteiger partial charge in [0.25, 0.3) is 5.91 Å². The van der Waals surface area contributed by atoms with Gasteiger partial charge in [0.15, 0.2) is 0 Å². The molecule has 1 saturated carbocycles. The van der Waals surface area contributed by atoms with Gasteiger partial charge in [-0.05, 0) is 24.3 Å². The molecule has 0 heterocycles. The Bertz CT molecular complexity index is 721. The van der Waals surface area contributed by atoms with E-state index in [2.05, 4.69) is 0 Å². The first kappa shape index (κ1) is 13.4. The molecule has 0 spiro atoms. The lowest BCUT2D eigenvalue weighted by molar-refractivity contribution is -0.137. The van der Waals surface area contributed by atoms with E-state index < -0.39 is 11.9 Å². The van der Waals surface area contributed by atoms with E-state index in [1.165, 1.54) is 4.90 Å². The Labute approximate surface area is 121 Å². The Hall–Kier alpha value is -2.56. The van der Waals surface area contributed by atoms with E-state index >= 15 is 0 Å². The first-order chi connectivity index (χ1) is 10.1. The highest BCUT2D eigenvalue weighted by molar-refractivity contribution is 6.04. The lowest BCUT2D eigenvalue weighted by Gasteiger charge is -2.21. The summed E-state index contributed by atoms with van der Waals surface area (Å²) in [6.45, 7) is -0.338. The molecule has 0 radical (unpaired) electrons. The van der Waals surface area contributed by atoms with Gasteiger partial charge in [0, 0.05) is 11.4 Å². The van der Waals surface area contributed by atoms with Gasteiger partial charge in [-0.15, -0.1) is 0 Å². The number of hydrogen-bond acceptors (Lipinski definition) is 3. The largest absolute Gasteiger partial charge is 0.506 e. The summed E-state index contributed by atoms with van der Waals surface area (Å²) in [6, 6.07) is 10.5. The minimum atomic E-state index is -1.05. The van der Waals surface area contributed by atoms with Crippen molar-refractivity contribution in [1.29, 1.82) is 0 Å². The fourth-order valence-electron chi connectivity index (χ4n) is 2.48. The molecule has 2 aromatic carbocycles. The second-order valence-corrected chi connectivity index (χ2v) is 5.24. The SMILES string of the molecule is O=C(O)CN(C(=O)c1ccc2ccccc2c1O)C1CC1. The van der Waals surface area contributed by atoms with Gasteiger partial charge >= 0.3 is 5.97 Å². The van der Waals surface area contributed by atoms with E-state index in [1.807, 2.05) is 12.1 Å². The molecule has 0 aromatic heterocycles. The van der Waals surface area contributed by atoms with E-state index in [4.69, 9.17) is 5.11 Å². The topological polar surface area (TPSA) is 77.8 Å². The Morgan fingerprint density at radius 3 is 2.52 bits per heavy atom. The van der Waals surface area contributed by atoms with Crippen LogP contribution in [0.4, 0.5) is 0 Å². The number of rotatable bonds is 4. The van der Waals surface area contributed by atoms with E-state index in [9.17, 15) is 14.7 Å². The molecule has 108 valence electrons. The standard InChI is InChI=1S/C16H15NO4/c18-14(19)9-17(11-6-7-11)16(21)13-8-5-10-3-1-2-4-12(10)15(13)20/h1-5,8,11,20H,6-7,9H2,(H,18,19). The highest BCUT2D eigenvalue weighted by Gasteiger charge is 2.35. The molecule has 0 atom stereocenters.